The molecule has 2 aromatic carbocycles. The zero-order valence-corrected chi connectivity index (χ0v) is 20.7. The van der Waals surface area contributed by atoms with E-state index in [4.69, 9.17) is 4.74 Å². The topological polar surface area (TPSA) is 60.2 Å². The molecule has 0 N–H and O–H groups in total. The third kappa shape index (κ3) is 5.11. The number of nitrogens with zero attached hydrogens (tertiary/aromatic N) is 4. The highest BCUT2D eigenvalue weighted by Gasteiger charge is 2.54. The number of hydrogen-bond acceptors (Lipinski definition) is 4. The van der Waals surface area contributed by atoms with E-state index in [1.54, 1.807) is 22.5 Å². The number of aromatic nitrogens is 3. The molecule has 1 amide bonds. The molecule has 3 aromatic rings. The number of rotatable bonds is 5. The highest BCUT2D eigenvalue weighted by Crippen LogP contribution is 2.48. The van der Waals surface area contributed by atoms with E-state index in [0.717, 1.165) is 0 Å². The Balaban J connectivity index is 1.54. The number of amides is 1. The van der Waals surface area contributed by atoms with Gasteiger partial charge in [0.2, 0.25) is 5.91 Å². The molecule has 3 unspecified atom stereocenters. The van der Waals surface area contributed by atoms with Gasteiger partial charge in [0.15, 0.2) is 0 Å². The molecule has 0 saturated carbocycles. The number of benzene rings is 2. The summed E-state index contributed by atoms with van der Waals surface area (Å²) in [5, 5.41) is 7.63. The van der Waals surface area contributed by atoms with Crippen LogP contribution in [0.3, 0.4) is 0 Å². The third-order valence-corrected chi connectivity index (χ3v) is 7.47. The SMILES string of the molecule is Cc1cc(F)ccc1C1C2C(n3cnnc3)CC(=O)N2C[C@@H]1O[C@H](C)c1cc(C(F)(F)F)cc(C(F)(F)F)c1. The minimum atomic E-state index is -5.00. The van der Waals surface area contributed by atoms with Gasteiger partial charge in [0.1, 0.15) is 18.5 Å². The molecule has 0 radical (unpaired) electrons. The minimum Gasteiger partial charge on any atom is -0.368 e. The molecule has 6 nitrogen and oxygen atoms in total. The molecular formula is C26H23F7N4O2. The Kier molecular flexibility index (Phi) is 6.68. The fraction of sp³-hybridized carbons (Fsp3) is 0.423. The second kappa shape index (κ2) is 9.61. The van der Waals surface area contributed by atoms with Crippen molar-refractivity contribution in [3.63, 3.8) is 0 Å². The quantitative estimate of drug-likeness (QED) is 0.370. The normalized spacial score (nSPS) is 24.3. The Morgan fingerprint density at radius 3 is 2.15 bits per heavy atom. The van der Waals surface area contributed by atoms with Crippen LogP contribution in [-0.2, 0) is 21.9 Å². The summed E-state index contributed by atoms with van der Waals surface area (Å²) in [6.07, 6.45) is -8.92. The summed E-state index contributed by atoms with van der Waals surface area (Å²) < 4.78 is 102. The lowest BCUT2D eigenvalue weighted by Gasteiger charge is -2.31. The van der Waals surface area contributed by atoms with Crippen LogP contribution in [0.5, 0.6) is 0 Å². The van der Waals surface area contributed by atoms with Crippen LogP contribution in [0.2, 0.25) is 0 Å². The summed E-state index contributed by atoms with van der Waals surface area (Å²) >= 11 is 0. The van der Waals surface area contributed by atoms with Gasteiger partial charge < -0.3 is 14.2 Å². The number of halogens is 7. The van der Waals surface area contributed by atoms with Crippen molar-refractivity contribution in [3.8, 4) is 0 Å². The maximum Gasteiger partial charge on any atom is 0.416 e. The Morgan fingerprint density at radius 2 is 1.59 bits per heavy atom. The van der Waals surface area contributed by atoms with Gasteiger partial charge >= 0.3 is 12.4 Å². The zero-order chi connectivity index (χ0) is 28.3. The Bertz CT molecular complexity index is 1340. The van der Waals surface area contributed by atoms with Gasteiger partial charge in [-0.15, -0.1) is 10.2 Å². The summed E-state index contributed by atoms with van der Waals surface area (Å²) in [7, 11) is 0. The van der Waals surface area contributed by atoms with Crippen LogP contribution in [0.1, 0.15) is 59.2 Å². The number of hydrogen-bond donors (Lipinski definition) is 0. The van der Waals surface area contributed by atoms with Crippen molar-refractivity contribution in [2.45, 2.75) is 62.8 Å². The molecule has 1 aromatic heterocycles. The van der Waals surface area contributed by atoms with Crippen LogP contribution < -0.4 is 0 Å². The summed E-state index contributed by atoms with van der Waals surface area (Å²) in [5.74, 6) is -1.22. The lowest BCUT2D eigenvalue weighted by molar-refractivity contribution is -0.143. The fourth-order valence-corrected chi connectivity index (χ4v) is 5.72. The van der Waals surface area contributed by atoms with Crippen molar-refractivity contribution in [1.29, 1.82) is 0 Å². The van der Waals surface area contributed by atoms with Gasteiger partial charge in [-0.2, -0.15) is 26.3 Å². The second-order valence-corrected chi connectivity index (χ2v) is 9.90. The van der Waals surface area contributed by atoms with Gasteiger partial charge in [0, 0.05) is 18.9 Å². The van der Waals surface area contributed by atoms with E-state index in [0.29, 0.717) is 23.3 Å². The Morgan fingerprint density at radius 1 is 0.974 bits per heavy atom. The first-order chi connectivity index (χ1) is 18.2. The van der Waals surface area contributed by atoms with E-state index in [1.807, 2.05) is 0 Å². The molecule has 2 saturated heterocycles. The maximum absolute atomic E-state index is 14.0. The molecule has 39 heavy (non-hydrogen) atoms. The largest absolute Gasteiger partial charge is 0.416 e. The molecule has 13 heteroatoms. The Labute approximate surface area is 218 Å². The van der Waals surface area contributed by atoms with Gasteiger partial charge in [-0.05, 0) is 60.9 Å². The minimum absolute atomic E-state index is 0.0546. The summed E-state index contributed by atoms with van der Waals surface area (Å²) in [4.78, 5) is 14.6. The number of aryl methyl sites for hydroxylation is 1. The molecule has 0 aliphatic carbocycles. The van der Waals surface area contributed by atoms with Crippen LogP contribution in [-0.4, -0.2) is 44.3 Å². The van der Waals surface area contributed by atoms with Gasteiger partial charge in [-0.3, -0.25) is 4.79 Å². The van der Waals surface area contributed by atoms with Gasteiger partial charge in [0.25, 0.3) is 0 Å². The van der Waals surface area contributed by atoms with Crippen molar-refractivity contribution >= 4 is 5.91 Å². The highest BCUT2D eigenvalue weighted by atomic mass is 19.4. The monoisotopic (exact) mass is 556 g/mol. The molecule has 2 fully saturated rings. The first-order valence-corrected chi connectivity index (χ1v) is 12.1. The van der Waals surface area contributed by atoms with Gasteiger partial charge in [-0.1, -0.05) is 6.07 Å². The molecule has 0 spiro atoms. The molecule has 5 atom stereocenters. The first kappa shape index (κ1) is 27.1. The van der Waals surface area contributed by atoms with Crippen molar-refractivity contribution in [1.82, 2.24) is 19.7 Å². The first-order valence-electron chi connectivity index (χ1n) is 12.1. The van der Waals surface area contributed by atoms with E-state index in [9.17, 15) is 35.5 Å². The standard InChI is InChI=1S/C26H23F7N4O2/c1-13-5-18(27)3-4-19(13)23-21(10-37-22(38)9-20(24(23)37)36-11-34-35-12-36)39-14(2)15-6-16(25(28,29)30)8-17(7-15)26(31,32)33/h3-8,11-12,14,20-21,23-24H,9-10H2,1-2H3/t14-,20?,21+,23?,24?/m1/s1. The van der Waals surface area contributed by atoms with Gasteiger partial charge in [-0.25, -0.2) is 4.39 Å². The van der Waals surface area contributed by atoms with Crippen LogP contribution in [0, 0.1) is 12.7 Å². The number of alkyl halides is 6. The van der Waals surface area contributed by atoms with Crippen LogP contribution in [0.25, 0.3) is 0 Å². The third-order valence-electron chi connectivity index (χ3n) is 7.47. The van der Waals surface area contributed by atoms with E-state index in [2.05, 4.69) is 10.2 Å². The second-order valence-electron chi connectivity index (χ2n) is 9.90. The van der Waals surface area contributed by atoms with Crippen molar-refractivity contribution in [2.24, 2.45) is 0 Å². The summed E-state index contributed by atoms with van der Waals surface area (Å²) in [5.41, 5.74) is -1.95. The lowest BCUT2D eigenvalue weighted by Crippen LogP contribution is -2.33. The lowest BCUT2D eigenvalue weighted by atomic mass is 9.84. The summed E-state index contributed by atoms with van der Waals surface area (Å²) in [6.45, 7) is 3.11. The molecular weight excluding hydrogens is 533 g/mol. The van der Waals surface area contributed by atoms with E-state index < -0.39 is 59.5 Å². The molecule has 0 bridgehead atoms. The molecule has 2 aliphatic rings. The number of carbonyl (C=O) groups is 1. The van der Waals surface area contributed by atoms with Crippen LogP contribution >= 0.6 is 0 Å². The number of carbonyl (C=O) groups excluding carboxylic acids is 1. The molecule has 5 rings (SSSR count). The van der Waals surface area contributed by atoms with Crippen molar-refractivity contribution in [2.75, 3.05) is 6.54 Å². The fourth-order valence-electron chi connectivity index (χ4n) is 5.72. The maximum atomic E-state index is 14.0. The number of fused-ring (bicyclic) bond motifs is 1. The number of ether oxygens (including phenoxy) is 1. The average Bonchev–Trinajstić information content (AvgIpc) is 3.56. The van der Waals surface area contributed by atoms with Crippen molar-refractivity contribution < 1.29 is 40.3 Å². The molecule has 208 valence electrons. The highest BCUT2D eigenvalue weighted by molar-refractivity contribution is 5.80. The average molecular weight is 556 g/mol. The van der Waals surface area contributed by atoms with Crippen molar-refractivity contribution in [3.05, 3.63) is 82.7 Å². The van der Waals surface area contributed by atoms with Crippen LogP contribution in [0.15, 0.2) is 49.1 Å². The predicted molar refractivity (Wildman–Crippen MR) is 123 cm³/mol. The smallest absolute Gasteiger partial charge is 0.368 e. The van der Waals surface area contributed by atoms with E-state index >= 15 is 0 Å². The van der Waals surface area contributed by atoms with E-state index in [-0.39, 0.29) is 30.5 Å². The van der Waals surface area contributed by atoms with Gasteiger partial charge in [0.05, 0.1) is 35.4 Å². The summed E-state index contributed by atoms with van der Waals surface area (Å²) in [6, 6.07) is 4.60. The van der Waals surface area contributed by atoms with E-state index in [1.165, 1.54) is 31.7 Å². The molecule has 3 heterocycles. The predicted octanol–water partition coefficient (Wildman–Crippen LogP) is 5.85. The molecule has 2 aliphatic heterocycles. The van der Waals surface area contributed by atoms with Crippen LogP contribution in [0.4, 0.5) is 30.7 Å². The zero-order valence-electron chi connectivity index (χ0n) is 20.7. The Hall–Kier alpha value is -3.48.